The van der Waals surface area contributed by atoms with Crippen LogP contribution in [0.3, 0.4) is 0 Å². The lowest BCUT2D eigenvalue weighted by atomic mass is 10.1. The van der Waals surface area contributed by atoms with Gasteiger partial charge in [-0.15, -0.1) is 0 Å². The maximum atomic E-state index is 12.1. The second kappa shape index (κ2) is 7.43. The molecule has 1 aliphatic heterocycles. The molecule has 0 spiro atoms. The predicted molar refractivity (Wildman–Crippen MR) is 81.5 cm³/mol. The van der Waals surface area contributed by atoms with Crippen LogP contribution in [0.4, 0.5) is 0 Å². The highest BCUT2D eigenvalue weighted by atomic mass is 16.5. The Labute approximate surface area is 126 Å². The zero-order valence-electron chi connectivity index (χ0n) is 12.8. The summed E-state index contributed by atoms with van der Waals surface area (Å²) >= 11 is 0. The number of hydrogen-bond acceptors (Lipinski definition) is 4. The van der Waals surface area contributed by atoms with Crippen molar-refractivity contribution in [2.24, 2.45) is 0 Å². The first-order chi connectivity index (χ1) is 10.1. The van der Waals surface area contributed by atoms with Crippen LogP contribution in [0.5, 0.6) is 5.75 Å². The Morgan fingerprint density at radius 2 is 1.95 bits per heavy atom. The number of aryl methyl sites for hydroxylation is 2. The van der Waals surface area contributed by atoms with Crippen LogP contribution in [0.2, 0.25) is 0 Å². The highest BCUT2D eigenvalue weighted by molar-refractivity contribution is 5.78. The fourth-order valence-corrected chi connectivity index (χ4v) is 2.55. The number of β-amino-alcohol motifs (C(OH)–C–C–N with tert-alkyl or cyclic N) is 1. The van der Waals surface area contributed by atoms with Gasteiger partial charge in [0.15, 0.2) is 6.61 Å². The van der Waals surface area contributed by atoms with E-state index in [2.05, 4.69) is 4.90 Å². The molecule has 1 aromatic carbocycles. The molecule has 5 nitrogen and oxygen atoms in total. The molecule has 1 heterocycles. The number of aliphatic hydroxyl groups is 1. The van der Waals surface area contributed by atoms with Crippen molar-refractivity contribution in [1.82, 2.24) is 9.80 Å². The van der Waals surface area contributed by atoms with Crippen LogP contribution in [-0.2, 0) is 4.79 Å². The minimum absolute atomic E-state index is 0.0265. The van der Waals surface area contributed by atoms with Gasteiger partial charge in [0.05, 0.1) is 6.61 Å². The molecule has 1 amide bonds. The normalized spacial score (nSPS) is 16.0. The molecule has 0 bridgehead atoms. The zero-order valence-corrected chi connectivity index (χ0v) is 12.8. The Balaban J connectivity index is 1.80. The maximum Gasteiger partial charge on any atom is 0.260 e. The van der Waals surface area contributed by atoms with Crippen molar-refractivity contribution >= 4 is 5.91 Å². The molecule has 0 unspecified atom stereocenters. The third-order valence-corrected chi connectivity index (χ3v) is 3.82. The average Bonchev–Trinajstić information content (AvgIpc) is 2.47. The predicted octanol–water partition coefficient (Wildman–Crippen LogP) is 0.819. The van der Waals surface area contributed by atoms with Crippen LogP contribution in [0, 0.1) is 13.8 Å². The molecule has 0 aliphatic carbocycles. The SMILES string of the molecule is Cc1ccc(OCC(=O)N2CCN(CCO)CC2)c(C)c1. The molecule has 116 valence electrons. The number of aliphatic hydroxyl groups excluding tert-OH is 1. The van der Waals surface area contributed by atoms with Gasteiger partial charge in [0.2, 0.25) is 0 Å². The Hall–Kier alpha value is -1.59. The quantitative estimate of drug-likeness (QED) is 0.873. The molecule has 1 aromatic rings. The smallest absolute Gasteiger partial charge is 0.260 e. The first-order valence-electron chi connectivity index (χ1n) is 7.41. The van der Waals surface area contributed by atoms with Gasteiger partial charge in [0, 0.05) is 32.7 Å². The fourth-order valence-electron chi connectivity index (χ4n) is 2.55. The maximum absolute atomic E-state index is 12.1. The first-order valence-corrected chi connectivity index (χ1v) is 7.41. The molecule has 21 heavy (non-hydrogen) atoms. The van der Waals surface area contributed by atoms with Crippen LogP contribution in [0.15, 0.2) is 18.2 Å². The van der Waals surface area contributed by atoms with E-state index in [1.54, 1.807) is 0 Å². The van der Waals surface area contributed by atoms with Crippen LogP contribution in [0.25, 0.3) is 0 Å². The molecule has 0 aromatic heterocycles. The minimum Gasteiger partial charge on any atom is -0.484 e. The van der Waals surface area contributed by atoms with Gasteiger partial charge in [0.25, 0.3) is 5.91 Å². The number of rotatable bonds is 5. The minimum atomic E-state index is 0.0265. The highest BCUT2D eigenvalue weighted by Gasteiger charge is 2.21. The molecule has 0 radical (unpaired) electrons. The van der Waals surface area contributed by atoms with Crippen molar-refractivity contribution in [3.63, 3.8) is 0 Å². The lowest BCUT2D eigenvalue weighted by Gasteiger charge is -2.34. The fraction of sp³-hybridized carbons (Fsp3) is 0.562. The zero-order chi connectivity index (χ0) is 15.2. The lowest BCUT2D eigenvalue weighted by molar-refractivity contribution is -0.135. The van der Waals surface area contributed by atoms with E-state index in [4.69, 9.17) is 9.84 Å². The molecule has 1 saturated heterocycles. The summed E-state index contributed by atoms with van der Waals surface area (Å²) < 4.78 is 5.64. The van der Waals surface area contributed by atoms with Crippen molar-refractivity contribution in [3.8, 4) is 5.75 Å². The van der Waals surface area contributed by atoms with E-state index in [0.717, 1.165) is 24.4 Å². The summed E-state index contributed by atoms with van der Waals surface area (Å²) in [5.41, 5.74) is 2.24. The van der Waals surface area contributed by atoms with E-state index in [-0.39, 0.29) is 19.1 Å². The average molecular weight is 292 g/mol. The largest absolute Gasteiger partial charge is 0.484 e. The molecule has 1 N–H and O–H groups in total. The molecule has 1 fully saturated rings. The van der Waals surface area contributed by atoms with Gasteiger partial charge in [0.1, 0.15) is 5.75 Å². The summed E-state index contributed by atoms with van der Waals surface area (Å²) in [6.07, 6.45) is 0. The number of nitrogens with zero attached hydrogens (tertiary/aromatic N) is 2. The third-order valence-electron chi connectivity index (χ3n) is 3.82. The number of carbonyl (C=O) groups excluding carboxylic acids is 1. The van der Waals surface area contributed by atoms with Gasteiger partial charge in [-0.25, -0.2) is 0 Å². The van der Waals surface area contributed by atoms with E-state index in [9.17, 15) is 4.79 Å². The number of carbonyl (C=O) groups is 1. The number of amides is 1. The van der Waals surface area contributed by atoms with Gasteiger partial charge < -0.3 is 14.7 Å². The van der Waals surface area contributed by atoms with Gasteiger partial charge in [-0.1, -0.05) is 17.7 Å². The van der Waals surface area contributed by atoms with Gasteiger partial charge >= 0.3 is 0 Å². The van der Waals surface area contributed by atoms with E-state index >= 15 is 0 Å². The molecule has 5 heteroatoms. The van der Waals surface area contributed by atoms with Crippen LogP contribution in [-0.4, -0.2) is 66.8 Å². The van der Waals surface area contributed by atoms with Crippen LogP contribution >= 0.6 is 0 Å². The Bertz CT molecular complexity index is 482. The van der Waals surface area contributed by atoms with Crippen LogP contribution in [0.1, 0.15) is 11.1 Å². The number of ether oxygens (including phenoxy) is 1. The van der Waals surface area contributed by atoms with E-state index in [1.807, 2.05) is 36.9 Å². The van der Waals surface area contributed by atoms with E-state index < -0.39 is 0 Å². The lowest BCUT2D eigenvalue weighted by Crippen LogP contribution is -2.50. The summed E-state index contributed by atoms with van der Waals surface area (Å²) in [5.74, 6) is 0.798. The van der Waals surface area contributed by atoms with Crippen molar-refractivity contribution in [3.05, 3.63) is 29.3 Å². The second-order valence-corrected chi connectivity index (χ2v) is 5.50. The van der Waals surface area contributed by atoms with E-state index in [0.29, 0.717) is 19.6 Å². The Morgan fingerprint density at radius 1 is 1.24 bits per heavy atom. The highest BCUT2D eigenvalue weighted by Crippen LogP contribution is 2.18. The Kier molecular flexibility index (Phi) is 5.59. The number of benzene rings is 1. The molecular weight excluding hydrogens is 268 g/mol. The van der Waals surface area contributed by atoms with E-state index in [1.165, 1.54) is 5.56 Å². The molecule has 1 aliphatic rings. The molecule has 2 rings (SSSR count). The Morgan fingerprint density at radius 3 is 2.57 bits per heavy atom. The molecule has 0 atom stereocenters. The molecular formula is C16H24N2O3. The summed E-state index contributed by atoms with van der Waals surface area (Å²) in [6.45, 7) is 8.00. The topological polar surface area (TPSA) is 53.0 Å². The summed E-state index contributed by atoms with van der Waals surface area (Å²) in [6, 6.07) is 5.95. The van der Waals surface area contributed by atoms with Crippen molar-refractivity contribution in [1.29, 1.82) is 0 Å². The summed E-state index contributed by atoms with van der Waals surface area (Å²) in [5, 5.41) is 8.91. The third kappa shape index (κ3) is 4.44. The standard InChI is InChI=1S/C16H24N2O3/c1-13-3-4-15(14(2)11-13)21-12-16(20)18-7-5-17(6-8-18)9-10-19/h3-4,11,19H,5-10,12H2,1-2H3. The monoisotopic (exact) mass is 292 g/mol. The number of hydrogen-bond donors (Lipinski definition) is 1. The summed E-state index contributed by atoms with van der Waals surface area (Å²) in [7, 11) is 0. The van der Waals surface area contributed by atoms with Gasteiger partial charge in [-0.2, -0.15) is 0 Å². The first kappa shape index (κ1) is 15.8. The van der Waals surface area contributed by atoms with Crippen LogP contribution < -0.4 is 4.74 Å². The van der Waals surface area contributed by atoms with Crippen molar-refractivity contribution in [2.75, 3.05) is 45.9 Å². The summed E-state index contributed by atoms with van der Waals surface area (Å²) in [4.78, 5) is 16.1. The van der Waals surface area contributed by atoms with Gasteiger partial charge in [-0.3, -0.25) is 9.69 Å². The molecule has 0 saturated carbocycles. The second-order valence-electron chi connectivity index (χ2n) is 5.50. The van der Waals surface area contributed by atoms with Crippen molar-refractivity contribution in [2.45, 2.75) is 13.8 Å². The van der Waals surface area contributed by atoms with Crippen molar-refractivity contribution < 1.29 is 14.6 Å². The number of piperazine rings is 1. The van der Waals surface area contributed by atoms with Gasteiger partial charge in [-0.05, 0) is 25.5 Å².